The molecule has 0 aromatic heterocycles. The zero-order chi connectivity index (χ0) is 13.9. The molecule has 1 unspecified atom stereocenters. The Balaban J connectivity index is 1.62. The summed E-state index contributed by atoms with van der Waals surface area (Å²) in [7, 11) is 0. The quantitative estimate of drug-likeness (QED) is 0.893. The van der Waals surface area contributed by atoms with Crippen molar-refractivity contribution in [1.82, 2.24) is 10.2 Å². The second kappa shape index (κ2) is 5.96. The van der Waals surface area contributed by atoms with Crippen LogP contribution in [0.15, 0.2) is 24.3 Å². The standard InChI is InChI=1S/C17H24N2O/c1-13-5-2-3-6-15(13)16-7-4-10-19(16)17(20)12-18-11-14-8-9-14/h2-3,5-6,14,16,18H,4,7-12H2,1H3. The van der Waals surface area contributed by atoms with Gasteiger partial charge in [0.1, 0.15) is 0 Å². The molecule has 1 heterocycles. The summed E-state index contributed by atoms with van der Waals surface area (Å²) in [5, 5.41) is 3.32. The lowest BCUT2D eigenvalue weighted by molar-refractivity contribution is -0.131. The number of nitrogens with zero attached hydrogens (tertiary/aromatic N) is 1. The molecule has 1 saturated heterocycles. The topological polar surface area (TPSA) is 32.3 Å². The van der Waals surface area contributed by atoms with Crippen LogP contribution in [-0.4, -0.2) is 30.4 Å². The van der Waals surface area contributed by atoms with Gasteiger partial charge in [-0.2, -0.15) is 0 Å². The maximum absolute atomic E-state index is 12.4. The van der Waals surface area contributed by atoms with Gasteiger partial charge >= 0.3 is 0 Å². The molecule has 1 aliphatic heterocycles. The molecule has 0 spiro atoms. The van der Waals surface area contributed by atoms with Crippen LogP contribution in [0.3, 0.4) is 0 Å². The Labute approximate surface area is 121 Å². The van der Waals surface area contributed by atoms with Gasteiger partial charge in [0.15, 0.2) is 0 Å². The van der Waals surface area contributed by atoms with Crippen LogP contribution in [0.4, 0.5) is 0 Å². The van der Waals surface area contributed by atoms with E-state index in [9.17, 15) is 4.79 Å². The monoisotopic (exact) mass is 272 g/mol. The minimum absolute atomic E-state index is 0.261. The van der Waals surface area contributed by atoms with Crippen LogP contribution in [0.25, 0.3) is 0 Å². The molecule has 3 rings (SSSR count). The van der Waals surface area contributed by atoms with Crippen molar-refractivity contribution in [3.63, 3.8) is 0 Å². The number of amides is 1. The minimum atomic E-state index is 0.261. The second-order valence-corrected chi connectivity index (χ2v) is 6.18. The number of hydrogen-bond acceptors (Lipinski definition) is 2. The van der Waals surface area contributed by atoms with Gasteiger partial charge in [-0.15, -0.1) is 0 Å². The highest BCUT2D eigenvalue weighted by Gasteiger charge is 2.30. The number of likely N-dealkylation sites (tertiary alicyclic amines) is 1. The van der Waals surface area contributed by atoms with E-state index in [0.29, 0.717) is 6.54 Å². The summed E-state index contributed by atoms with van der Waals surface area (Å²) in [6.45, 7) is 4.55. The van der Waals surface area contributed by atoms with E-state index in [1.54, 1.807) is 0 Å². The predicted molar refractivity (Wildman–Crippen MR) is 80.5 cm³/mol. The van der Waals surface area contributed by atoms with Crippen molar-refractivity contribution < 1.29 is 4.79 Å². The van der Waals surface area contributed by atoms with Crippen LogP contribution < -0.4 is 5.32 Å². The molecule has 1 amide bonds. The van der Waals surface area contributed by atoms with Gasteiger partial charge in [0.2, 0.25) is 5.91 Å². The van der Waals surface area contributed by atoms with Crippen molar-refractivity contribution in [2.75, 3.05) is 19.6 Å². The van der Waals surface area contributed by atoms with Gasteiger partial charge in [-0.1, -0.05) is 24.3 Å². The van der Waals surface area contributed by atoms with Gasteiger partial charge in [0, 0.05) is 6.54 Å². The highest BCUT2D eigenvalue weighted by Crippen LogP contribution is 2.33. The summed E-state index contributed by atoms with van der Waals surface area (Å²) in [4.78, 5) is 14.5. The largest absolute Gasteiger partial charge is 0.335 e. The third-order valence-electron chi connectivity index (χ3n) is 4.53. The van der Waals surface area contributed by atoms with Crippen molar-refractivity contribution >= 4 is 5.91 Å². The van der Waals surface area contributed by atoms with Gasteiger partial charge in [-0.3, -0.25) is 4.79 Å². The summed E-state index contributed by atoms with van der Waals surface area (Å²) in [6.07, 6.45) is 4.88. The van der Waals surface area contributed by atoms with Crippen LogP contribution in [0.2, 0.25) is 0 Å². The molecule has 1 atom stereocenters. The number of carbonyl (C=O) groups is 1. The molecule has 2 fully saturated rings. The third-order valence-corrected chi connectivity index (χ3v) is 4.53. The molecule has 108 valence electrons. The van der Waals surface area contributed by atoms with E-state index in [4.69, 9.17) is 0 Å². The molecule has 20 heavy (non-hydrogen) atoms. The van der Waals surface area contributed by atoms with Crippen molar-refractivity contribution in [2.24, 2.45) is 5.92 Å². The lowest BCUT2D eigenvalue weighted by atomic mass is 9.99. The SMILES string of the molecule is Cc1ccccc1C1CCCN1C(=O)CNCC1CC1. The van der Waals surface area contributed by atoms with Crippen LogP contribution in [-0.2, 0) is 4.79 Å². The molecular weight excluding hydrogens is 248 g/mol. The Bertz CT molecular complexity index is 482. The molecule has 0 bridgehead atoms. The van der Waals surface area contributed by atoms with Gasteiger partial charge in [-0.25, -0.2) is 0 Å². The van der Waals surface area contributed by atoms with Crippen molar-refractivity contribution in [2.45, 2.75) is 38.6 Å². The van der Waals surface area contributed by atoms with Crippen molar-refractivity contribution in [3.05, 3.63) is 35.4 Å². The van der Waals surface area contributed by atoms with Crippen LogP contribution in [0, 0.1) is 12.8 Å². The Kier molecular flexibility index (Phi) is 4.06. The fraction of sp³-hybridized carbons (Fsp3) is 0.588. The summed E-state index contributed by atoms with van der Waals surface area (Å²) in [5.41, 5.74) is 2.61. The average Bonchev–Trinajstić information content (AvgIpc) is 3.14. The molecule has 1 aromatic carbocycles. The Morgan fingerprint density at radius 3 is 2.85 bits per heavy atom. The lowest BCUT2D eigenvalue weighted by Crippen LogP contribution is -2.38. The molecule has 1 aromatic rings. The molecular formula is C17H24N2O. The van der Waals surface area contributed by atoms with Crippen molar-refractivity contribution in [1.29, 1.82) is 0 Å². The van der Waals surface area contributed by atoms with E-state index in [-0.39, 0.29) is 11.9 Å². The summed E-state index contributed by atoms with van der Waals surface area (Å²) in [5.74, 6) is 1.09. The maximum Gasteiger partial charge on any atom is 0.237 e. The average molecular weight is 272 g/mol. The molecule has 3 heteroatoms. The molecule has 1 N–H and O–H groups in total. The van der Waals surface area contributed by atoms with Crippen LogP contribution in [0.1, 0.15) is 42.9 Å². The first-order valence-corrected chi connectivity index (χ1v) is 7.81. The highest BCUT2D eigenvalue weighted by molar-refractivity contribution is 5.79. The van der Waals surface area contributed by atoms with Gasteiger partial charge in [0.25, 0.3) is 0 Å². The van der Waals surface area contributed by atoms with E-state index >= 15 is 0 Å². The molecule has 1 aliphatic carbocycles. The molecule has 0 radical (unpaired) electrons. The fourth-order valence-corrected chi connectivity index (χ4v) is 3.16. The Hall–Kier alpha value is -1.35. The molecule has 1 saturated carbocycles. The zero-order valence-corrected chi connectivity index (χ0v) is 12.3. The number of benzene rings is 1. The first-order chi connectivity index (χ1) is 9.75. The third kappa shape index (κ3) is 3.04. The second-order valence-electron chi connectivity index (χ2n) is 6.18. The number of carbonyl (C=O) groups excluding carboxylic acids is 1. The summed E-state index contributed by atoms with van der Waals surface area (Å²) >= 11 is 0. The van der Waals surface area contributed by atoms with Gasteiger partial charge in [-0.05, 0) is 56.2 Å². The zero-order valence-electron chi connectivity index (χ0n) is 12.3. The Morgan fingerprint density at radius 2 is 2.10 bits per heavy atom. The van der Waals surface area contributed by atoms with Crippen LogP contribution in [0.5, 0.6) is 0 Å². The van der Waals surface area contributed by atoms with Crippen LogP contribution >= 0.6 is 0 Å². The first kappa shape index (κ1) is 13.6. The molecule has 2 aliphatic rings. The lowest BCUT2D eigenvalue weighted by Gasteiger charge is -2.26. The van der Waals surface area contributed by atoms with E-state index in [2.05, 4.69) is 41.4 Å². The normalized spacial score (nSPS) is 22.2. The van der Waals surface area contributed by atoms with E-state index in [1.807, 2.05) is 0 Å². The highest BCUT2D eigenvalue weighted by atomic mass is 16.2. The number of hydrogen-bond donors (Lipinski definition) is 1. The number of rotatable bonds is 5. The Morgan fingerprint density at radius 1 is 1.30 bits per heavy atom. The summed E-state index contributed by atoms with van der Waals surface area (Å²) < 4.78 is 0. The smallest absolute Gasteiger partial charge is 0.237 e. The van der Waals surface area contributed by atoms with Gasteiger partial charge in [0.05, 0.1) is 12.6 Å². The predicted octanol–water partition coefficient (Wildman–Crippen LogP) is 2.66. The van der Waals surface area contributed by atoms with E-state index in [1.165, 1.54) is 24.0 Å². The fourth-order valence-electron chi connectivity index (χ4n) is 3.16. The number of aryl methyl sites for hydroxylation is 1. The minimum Gasteiger partial charge on any atom is -0.335 e. The van der Waals surface area contributed by atoms with E-state index in [0.717, 1.165) is 31.8 Å². The van der Waals surface area contributed by atoms with Gasteiger partial charge < -0.3 is 10.2 Å². The van der Waals surface area contributed by atoms with E-state index < -0.39 is 0 Å². The molecule has 3 nitrogen and oxygen atoms in total. The number of nitrogens with one attached hydrogen (secondary N) is 1. The maximum atomic E-state index is 12.4. The first-order valence-electron chi connectivity index (χ1n) is 7.81. The van der Waals surface area contributed by atoms with Crippen molar-refractivity contribution in [3.8, 4) is 0 Å². The summed E-state index contributed by atoms with van der Waals surface area (Å²) in [6, 6.07) is 8.74.